The van der Waals surface area contributed by atoms with E-state index < -0.39 is 27.1 Å². The fourth-order valence-corrected chi connectivity index (χ4v) is 5.31. The van der Waals surface area contributed by atoms with E-state index >= 15 is 0 Å². The number of rotatable bonds is 6. The monoisotopic (exact) mass is 523 g/mol. The van der Waals surface area contributed by atoms with Crippen LogP contribution < -0.4 is 9.74 Å². The lowest BCUT2D eigenvalue weighted by Gasteiger charge is -2.30. The third-order valence-electron chi connectivity index (χ3n) is 6.54. The summed E-state index contributed by atoms with van der Waals surface area (Å²) < 4.78 is 19.4. The molecule has 3 aromatic rings. The van der Waals surface area contributed by atoms with Crippen molar-refractivity contribution < 1.29 is 28.6 Å². The maximum atomic E-state index is 13.2. The van der Waals surface area contributed by atoms with Crippen LogP contribution in [0.1, 0.15) is 25.5 Å². The van der Waals surface area contributed by atoms with Crippen molar-refractivity contribution in [3.05, 3.63) is 42.6 Å². The molecule has 0 saturated carbocycles. The van der Waals surface area contributed by atoms with Crippen LogP contribution in [0.25, 0.3) is 22.0 Å². The molecule has 11 heteroatoms. The second kappa shape index (κ2) is 10.9. The maximum absolute atomic E-state index is 13.2. The lowest BCUT2D eigenvalue weighted by atomic mass is 10.0. The van der Waals surface area contributed by atoms with Gasteiger partial charge in [0.15, 0.2) is 18.1 Å². The summed E-state index contributed by atoms with van der Waals surface area (Å²) >= 11 is 0. The number of nitrogens with one attached hydrogen (secondary N) is 1. The molecule has 194 valence electrons. The van der Waals surface area contributed by atoms with Crippen LogP contribution in [0.5, 0.6) is 5.75 Å². The van der Waals surface area contributed by atoms with Crippen LogP contribution in [0.4, 0.5) is 10.5 Å². The summed E-state index contributed by atoms with van der Waals surface area (Å²) in [7, 11) is -0.867. The molecule has 0 radical (unpaired) electrons. The van der Waals surface area contributed by atoms with Gasteiger partial charge in [-0.2, -0.15) is 5.10 Å². The molecule has 2 atom stereocenters. The van der Waals surface area contributed by atoms with Crippen LogP contribution in [0.15, 0.2) is 42.6 Å². The molecular weight excluding hydrogens is 492 g/mol. The number of anilines is 1. The topological polar surface area (TPSA) is 115 Å². The molecule has 1 aromatic heterocycles. The number of aromatic nitrogens is 2. The van der Waals surface area contributed by atoms with E-state index in [0.29, 0.717) is 12.3 Å². The molecule has 0 spiro atoms. The van der Waals surface area contributed by atoms with E-state index in [0.717, 1.165) is 47.0 Å². The normalized spacial score (nSPS) is 20.0. The van der Waals surface area contributed by atoms with Crippen LogP contribution in [0, 0.1) is 0 Å². The number of benzene rings is 2. The summed E-state index contributed by atoms with van der Waals surface area (Å²) in [4.78, 5) is 25.8. The van der Waals surface area contributed by atoms with E-state index in [1.807, 2.05) is 35.0 Å². The molecule has 0 bridgehead atoms. The van der Waals surface area contributed by atoms with Gasteiger partial charge in [0.2, 0.25) is 0 Å². The first-order chi connectivity index (χ1) is 17.9. The Kier molecular flexibility index (Phi) is 7.44. The van der Waals surface area contributed by atoms with E-state index in [9.17, 15) is 14.7 Å². The van der Waals surface area contributed by atoms with Gasteiger partial charge in [-0.15, -0.1) is 0 Å². The molecular formula is C26H31N4O6Si+. The highest BCUT2D eigenvalue weighted by molar-refractivity contribution is 6.49. The quantitative estimate of drug-likeness (QED) is 0.462. The van der Waals surface area contributed by atoms with Crippen LogP contribution >= 0.6 is 0 Å². The zero-order valence-corrected chi connectivity index (χ0v) is 22.0. The molecule has 2 aromatic carbocycles. The molecule has 2 N–H and O–H groups in total. The predicted octanol–water partition coefficient (Wildman–Crippen LogP) is 4.35. The van der Waals surface area contributed by atoms with Gasteiger partial charge in [-0.3, -0.25) is 4.79 Å². The summed E-state index contributed by atoms with van der Waals surface area (Å²) in [6, 6.07) is 11.9. The number of hydrogen-bond donors (Lipinski definition) is 2. The minimum atomic E-state index is -1.06. The average Bonchev–Trinajstić information content (AvgIpc) is 3.34. The predicted molar refractivity (Wildman–Crippen MR) is 140 cm³/mol. The molecule has 37 heavy (non-hydrogen) atoms. The number of carbonyl (C=O) groups excluding carboxylic acids is 1. The largest absolute Gasteiger partial charge is 0.535 e. The molecule has 2 aliphatic rings. The van der Waals surface area contributed by atoms with E-state index in [4.69, 9.17) is 13.9 Å². The van der Waals surface area contributed by atoms with Gasteiger partial charge in [0.1, 0.15) is 0 Å². The lowest BCUT2D eigenvalue weighted by Crippen LogP contribution is -2.49. The van der Waals surface area contributed by atoms with Crippen LogP contribution in [-0.2, 0) is 14.3 Å². The molecule has 2 unspecified atom stereocenters. The number of carboxylic acid groups (broad SMARTS) is 1. The highest BCUT2D eigenvalue weighted by Crippen LogP contribution is 2.35. The minimum absolute atomic E-state index is 0.0150. The van der Waals surface area contributed by atoms with Crippen molar-refractivity contribution in [2.45, 2.75) is 44.7 Å². The Morgan fingerprint density at radius 2 is 1.92 bits per heavy atom. The molecule has 2 aliphatic heterocycles. The zero-order valence-electron chi connectivity index (χ0n) is 21.0. The third-order valence-corrected chi connectivity index (χ3v) is 7.19. The summed E-state index contributed by atoms with van der Waals surface area (Å²) in [5.74, 6) is 0.436. The van der Waals surface area contributed by atoms with Gasteiger partial charge in [0, 0.05) is 18.5 Å². The van der Waals surface area contributed by atoms with E-state index in [1.54, 1.807) is 6.20 Å². The first kappa shape index (κ1) is 25.2. The van der Waals surface area contributed by atoms with Crippen molar-refractivity contribution in [2.24, 2.45) is 0 Å². The average molecular weight is 524 g/mol. The second-order valence-corrected chi connectivity index (χ2v) is 11.5. The first-order valence-corrected chi connectivity index (χ1v) is 14.9. The number of nitrogens with zero attached hydrogens (tertiary/aromatic N) is 3. The van der Waals surface area contributed by atoms with Crippen molar-refractivity contribution in [1.29, 1.82) is 0 Å². The van der Waals surface area contributed by atoms with Gasteiger partial charge in [0.25, 0.3) is 5.91 Å². The summed E-state index contributed by atoms with van der Waals surface area (Å²) in [5, 5.41) is 17.7. The molecule has 0 aliphatic carbocycles. The Labute approximate surface area is 216 Å². The van der Waals surface area contributed by atoms with Crippen molar-refractivity contribution in [2.75, 3.05) is 31.6 Å². The Balaban J connectivity index is 1.50. The van der Waals surface area contributed by atoms with Gasteiger partial charge < -0.3 is 29.2 Å². The highest BCUT2D eigenvalue weighted by atomic mass is 28.3. The number of carbonyl (C=O) groups is 2. The molecule has 2 saturated heterocycles. The molecule has 2 amide bonds. The van der Waals surface area contributed by atoms with Gasteiger partial charge in [-0.25, -0.2) is 9.48 Å². The van der Waals surface area contributed by atoms with Gasteiger partial charge in [0.05, 0.1) is 43.6 Å². The number of ether oxygens (including phenoxy) is 2. The third kappa shape index (κ3) is 5.63. The van der Waals surface area contributed by atoms with Crippen LogP contribution in [0.3, 0.4) is 0 Å². The van der Waals surface area contributed by atoms with Crippen molar-refractivity contribution in [1.82, 2.24) is 14.7 Å². The zero-order chi connectivity index (χ0) is 25.9. The van der Waals surface area contributed by atoms with Crippen molar-refractivity contribution in [3.8, 4) is 16.9 Å². The SMILES string of the molecule is C[Si+](C)Oc1ccc(-c2cc(NC(=O)C3CN(C(=O)O)CCO3)c3cnn(C4CCCCO4)c3c2)cc1. The first-order valence-electron chi connectivity index (χ1n) is 12.5. The van der Waals surface area contributed by atoms with E-state index in [2.05, 4.69) is 29.6 Å². The van der Waals surface area contributed by atoms with Crippen molar-refractivity contribution >= 4 is 37.6 Å². The number of fused-ring (bicyclic) bond motifs is 1. The van der Waals surface area contributed by atoms with E-state index in [1.165, 1.54) is 4.90 Å². The Morgan fingerprint density at radius 3 is 2.62 bits per heavy atom. The smallest absolute Gasteiger partial charge is 0.465 e. The molecule has 2 fully saturated rings. The second-order valence-electron chi connectivity index (χ2n) is 9.48. The fourth-order valence-electron chi connectivity index (χ4n) is 4.71. The van der Waals surface area contributed by atoms with Crippen molar-refractivity contribution in [3.63, 3.8) is 0 Å². The molecule has 5 rings (SSSR count). The van der Waals surface area contributed by atoms with Gasteiger partial charge >= 0.3 is 15.1 Å². The summed E-state index contributed by atoms with van der Waals surface area (Å²) in [5.41, 5.74) is 3.31. The Morgan fingerprint density at radius 1 is 1.11 bits per heavy atom. The van der Waals surface area contributed by atoms with Crippen LogP contribution in [0.2, 0.25) is 13.1 Å². The Bertz CT molecular complexity index is 1270. The Hall–Kier alpha value is -3.41. The van der Waals surface area contributed by atoms with E-state index in [-0.39, 0.29) is 25.9 Å². The number of hydrogen-bond acceptors (Lipinski definition) is 6. The summed E-state index contributed by atoms with van der Waals surface area (Å²) in [6.07, 6.45) is 2.58. The molecule has 3 heterocycles. The number of morpholine rings is 1. The lowest BCUT2D eigenvalue weighted by molar-refractivity contribution is -0.131. The minimum Gasteiger partial charge on any atom is -0.465 e. The fraction of sp³-hybridized carbons (Fsp3) is 0.423. The van der Waals surface area contributed by atoms with Gasteiger partial charge in [-0.05, 0) is 54.7 Å². The highest BCUT2D eigenvalue weighted by Gasteiger charge is 2.30. The van der Waals surface area contributed by atoms with Crippen LogP contribution in [-0.4, -0.2) is 73.2 Å². The van der Waals surface area contributed by atoms with Gasteiger partial charge in [-0.1, -0.05) is 12.1 Å². The molecule has 10 nitrogen and oxygen atoms in total. The number of amides is 2. The standard InChI is InChI=1S/C26H30N4O6Si/c1-37(2)36-19-8-6-17(7-9-19)18-13-21(28-25(31)23-16-29(26(32)33)10-12-34-23)20-15-27-30(22(20)14-18)24-5-3-4-11-35-24/h6-9,13-15,23-24H,3-5,10-12,16H2,1-2H3,(H-,27,28,31,32,33)/p+1. The maximum Gasteiger partial charge on any atom is 0.535 e. The summed E-state index contributed by atoms with van der Waals surface area (Å²) in [6.45, 7) is 5.26.